The third-order valence-corrected chi connectivity index (χ3v) is 23.8. The monoisotopic (exact) mass is 1450 g/mol. The highest BCUT2D eigenvalue weighted by Gasteiger charge is 2.37. The normalized spacial score (nSPS) is 12.1. The van der Waals surface area contributed by atoms with Crippen molar-refractivity contribution in [1.82, 2.24) is 32.0 Å². The fraction of sp³-hybridized carbons (Fsp3) is 0.0583. The molecule has 113 heavy (non-hydrogen) atoms. The summed E-state index contributed by atoms with van der Waals surface area (Å²) in [6, 6.07) is 131. The maximum atomic E-state index is 10.9. The molecule has 0 aliphatic carbocycles. The van der Waals surface area contributed by atoms with Gasteiger partial charge >= 0.3 is 0 Å². The number of hydrogen-bond donors (Lipinski definition) is 0. The van der Waals surface area contributed by atoms with Crippen LogP contribution >= 0.6 is 0 Å². The van der Waals surface area contributed by atoms with Gasteiger partial charge in [0, 0.05) is 116 Å². The zero-order valence-electron chi connectivity index (χ0n) is 61.6. The molecule has 0 saturated heterocycles. The standard InChI is InChI=1S/C103H70N8O2/c104-65-66-51-53-67(54-52-66)98-99(107-88-43-17-5-31-74(88)75-32-6-18-44-89(75)107)101(110-94-49-23-11-37-80(94)82-63-68(55-57-96(82)110)112-61-25-59-105-84-39-13-1-27-70(84)71-28-2-14-40-85(71)105)103(109-92-47-21-9-35-78(92)79-36-10-22-48-93(79)109)102(100(98)108-90-45-19-7-33-76(90)77-34-8-20-46-91(77)108)111-95-50-24-12-38-81(95)83-64-69(56-58-97(83)111)113-62-26-60-106-86-41-15-3-29-72(86)73-30-4-16-42-87(73)106/h1-24,27-58,63-64H,25-26,59-62H2. The van der Waals surface area contributed by atoms with Crippen LogP contribution in [0.2, 0.25) is 0 Å². The number of hydrogen-bond acceptors (Lipinski definition) is 3. The second-order valence-corrected chi connectivity index (χ2v) is 29.8. The molecule has 10 nitrogen and oxygen atoms in total. The largest absolute Gasteiger partial charge is 0.494 e. The second kappa shape index (κ2) is 25.7. The molecular formula is C103H70N8O2. The number of rotatable bonds is 16. The van der Waals surface area contributed by atoms with E-state index in [9.17, 15) is 5.26 Å². The lowest BCUT2D eigenvalue weighted by molar-refractivity contribution is 0.303. The Bertz CT molecular complexity index is 7270. The van der Waals surface area contributed by atoms with Crippen molar-refractivity contribution < 1.29 is 9.47 Å². The predicted molar refractivity (Wildman–Crippen MR) is 467 cm³/mol. The van der Waals surface area contributed by atoms with Crippen LogP contribution in [0.1, 0.15) is 18.4 Å². The molecule has 0 unspecified atom stereocenters. The molecule has 0 radical (unpaired) electrons. The highest BCUT2D eigenvalue weighted by molar-refractivity contribution is 6.20. The number of nitriles is 1. The molecule has 7 aromatic heterocycles. The van der Waals surface area contributed by atoms with Gasteiger partial charge in [-0.15, -0.1) is 0 Å². The van der Waals surface area contributed by atoms with E-state index in [-0.39, 0.29) is 0 Å². The molecule has 0 spiro atoms. The number of para-hydroxylation sites is 12. The van der Waals surface area contributed by atoms with Gasteiger partial charge in [-0.1, -0.05) is 231 Å². The summed E-state index contributed by atoms with van der Waals surface area (Å²) < 4.78 is 31.9. The first-order chi connectivity index (χ1) is 56.1. The summed E-state index contributed by atoms with van der Waals surface area (Å²) in [4.78, 5) is 0. The number of benzene rings is 16. The number of aromatic nitrogens is 7. The molecule has 0 bridgehead atoms. The number of ether oxygens (including phenoxy) is 2. The molecule has 16 aromatic carbocycles. The molecule has 23 rings (SSSR count). The van der Waals surface area contributed by atoms with Crippen LogP contribution < -0.4 is 9.47 Å². The van der Waals surface area contributed by atoms with Crippen LogP contribution in [0.4, 0.5) is 0 Å². The third-order valence-electron chi connectivity index (χ3n) is 23.8. The molecule has 0 fully saturated rings. The van der Waals surface area contributed by atoms with Crippen molar-refractivity contribution in [2.75, 3.05) is 13.2 Å². The summed E-state index contributed by atoms with van der Waals surface area (Å²) in [6.07, 6.45) is 1.60. The summed E-state index contributed by atoms with van der Waals surface area (Å²) in [5, 5.41) is 27.0. The summed E-state index contributed by atoms with van der Waals surface area (Å²) in [5.74, 6) is 1.59. The first kappa shape index (κ1) is 64.2. The van der Waals surface area contributed by atoms with Gasteiger partial charge in [0.25, 0.3) is 0 Å². The maximum Gasteiger partial charge on any atom is 0.120 e. The van der Waals surface area contributed by atoms with E-state index in [2.05, 4.69) is 378 Å². The third kappa shape index (κ3) is 9.71. The van der Waals surface area contributed by atoms with E-state index in [0.29, 0.717) is 18.8 Å². The van der Waals surface area contributed by atoms with Crippen LogP contribution in [-0.2, 0) is 13.1 Å². The minimum absolute atomic E-state index is 0.512. The van der Waals surface area contributed by atoms with Gasteiger partial charge in [-0.05, 0) is 140 Å². The van der Waals surface area contributed by atoms with Crippen molar-refractivity contribution in [2.45, 2.75) is 25.9 Å². The lowest BCUT2D eigenvalue weighted by Crippen LogP contribution is -2.18. The Labute approximate surface area is 649 Å². The maximum absolute atomic E-state index is 10.9. The van der Waals surface area contributed by atoms with E-state index in [1.807, 2.05) is 12.1 Å². The molecule has 23 aromatic rings. The molecule has 0 aliphatic rings. The smallest absolute Gasteiger partial charge is 0.120 e. The van der Waals surface area contributed by atoms with Crippen molar-refractivity contribution >= 4 is 153 Å². The summed E-state index contributed by atoms with van der Waals surface area (Å²) in [6.45, 7) is 2.62. The van der Waals surface area contributed by atoms with Gasteiger partial charge in [-0.2, -0.15) is 5.26 Å². The lowest BCUT2D eigenvalue weighted by atomic mass is 9.94. The minimum atomic E-state index is 0.512. The van der Waals surface area contributed by atoms with Crippen LogP contribution in [0.25, 0.3) is 192 Å². The molecule has 0 aliphatic heterocycles. The van der Waals surface area contributed by atoms with Crippen molar-refractivity contribution in [1.29, 1.82) is 5.26 Å². The van der Waals surface area contributed by atoms with Gasteiger partial charge in [-0.25, -0.2) is 0 Å². The Morgan fingerprint density at radius 2 is 0.442 bits per heavy atom. The van der Waals surface area contributed by atoms with Crippen molar-refractivity contribution in [2.24, 2.45) is 0 Å². The Kier molecular flexibility index (Phi) is 14.6. The molecule has 10 heteroatoms. The SMILES string of the molecule is N#Cc1ccc(-c2c(-n3c4ccccc4c4ccccc43)c(-n3c4ccccc4c4cc(OCCCn5c6ccccc6c6ccccc65)ccc43)c(-n3c4ccccc4c4ccccc43)c(-n3c4ccccc4c4cc(OCCCn5c6ccccc6c6ccccc65)ccc43)c2-n2c3ccccc3c3ccccc32)cc1. The Balaban J connectivity index is 0.856. The molecule has 0 N–H and O–H groups in total. The Morgan fingerprint density at radius 1 is 0.221 bits per heavy atom. The zero-order valence-corrected chi connectivity index (χ0v) is 61.6. The Hall–Kier alpha value is -14.8. The minimum Gasteiger partial charge on any atom is -0.494 e. The fourth-order valence-electron chi connectivity index (χ4n) is 19.1. The van der Waals surface area contributed by atoms with Crippen LogP contribution in [0.5, 0.6) is 11.5 Å². The van der Waals surface area contributed by atoms with Crippen LogP contribution in [0.3, 0.4) is 0 Å². The molecule has 0 atom stereocenters. The Morgan fingerprint density at radius 3 is 0.717 bits per heavy atom. The van der Waals surface area contributed by atoms with E-state index in [0.717, 1.165) is 186 Å². The van der Waals surface area contributed by atoms with E-state index in [4.69, 9.17) is 9.47 Å². The van der Waals surface area contributed by atoms with E-state index < -0.39 is 0 Å². The number of nitrogens with zero attached hydrogens (tertiary/aromatic N) is 8. The molecule has 0 amide bonds. The number of fused-ring (bicyclic) bond motifs is 21. The fourth-order valence-corrected chi connectivity index (χ4v) is 19.1. The average Bonchev–Trinajstić information content (AvgIpc) is 1.58. The first-order valence-corrected chi connectivity index (χ1v) is 39.1. The second-order valence-electron chi connectivity index (χ2n) is 29.8. The van der Waals surface area contributed by atoms with Gasteiger partial charge in [0.2, 0.25) is 0 Å². The lowest BCUT2D eigenvalue weighted by Gasteiger charge is -2.32. The van der Waals surface area contributed by atoms with Crippen molar-refractivity contribution in [3.8, 4) is 57.1 Å². The van der Waals surface area contributed by atoms with E-state index in [1.165, 1.54) is 43.6 Å². The summed E-state index contributed by atoms with van der Waals surface area (Å²) in [5.41, 5.74) is 22.3. The van der Waals surface area contributed by atoms with Gasteiger partial charge < -0.3 is 41.4 Å². The molecule has 534 valence electrons. The van der Waals surface area contributed by atoms with Gasteiger partial charge in [0.15, 0.2) is 0 Å². The highest BCUT2D eigenvalue weighted by atomic mass is 16.5. The van der Waals surface area contributed by atoms with Gasteiger partial charge in [-0.3, -0.25) is 0 Å². The highest BCUT2D eigenvalue weighted by Crippen LogP contribution is 2.55. The van der Waals surface area contributed by atoms with Crippen LogP contribution in [0.15, 0.2) is 352 Å². The van der Waals surface area contributed by atoms with Crippen molar-refractivity contribution in [3.05, 3.63) is 357 Å². The molecule has 7 heterocycles. The topological polar surface area (TPSA) is 76.8 Å². The molecular weight excluding hydrogens is 1380 g/mol. The van der Waals surface area contributed by atoms with Crippen LogP contribution in [-0.4, -0.2) is 45.2 Å². The quantitative estimate of drug-likeness (QED) is 0.0905. The zero-order chi connectivity index (χ0) is 74.4. The number of aryl methyl sites for hydroxylation is 2. The molecule has 0 saturated carbocycles. The summed E-state index contributed by atoms with van der Waals surface area (Å²) >= 11 is 0. The average molecular weight is 1450 g/mol. The van der Waals surface area contributed by atoms with Gasteiger partial charge in [0.05, 0.1) is 108 Å². The predicted octanol–water partition coefficient (Wildman–Crippen LogP) is 25.9. The first-order valence-electron chi connectivity index (χ1n) is 39.1. The van der Waals surface area contributed by atoms with E-state index in [1.54, 1.807) is 0 Å². The van der Waals surface area contributed by atoms with Gasteiger partial charge in [0.1, 0.15) is 11.5 Å². The van der Waals surface area contributed by atoms with Crippen LogP contribution in [0, 0.1) is 11.3 Å². The van der Waals surface area contributed by atoms with E-state index >= 15 is 0 Å². The summed E-state index contributed by atoms with van der Waals surface area (Å²) in [7, 11) is 0. The van der Waals surface area contributed by atoms with Crippen molar-refractivity contribution in [3.63, 3.8) is 0 Å².